The van der Waals surface area contributed by atoms with Gasteiger partial charge in [0.05, 0.1) is 18.4 Å². The van der Waals surface area contributed by atoms with Gasteiger partial charge >= 0.3 is 0 Å². The fraction of sp³-hybridized carbons (Fsp3) is 0.533. The number of nitrogens with one attached hydrogen (secondary N) is 1. The van der Waals surface area contributed by atoms with Crippen LogP contribution in [0.3, 0.4) is 0 Å². The minimum atomic E-state index is -0.145. The molecule has 0 atom stereocenters. The van der Waals surface area contributed by atoms with Crippen LogP contribution in [0.4, 0.5) is 5.69 Å². The number of hydrogen-bond acceptors (Lipinski definition) is 4. The minimum absolute atomic E-state index is 0.145. The lowest BCUT2D eigenvalue weighted by atomic mass is 10.1. The second kappa shape index (κ2) is 8.43. The fourth-order valence-corrected chi connectivity index (χ4v) is 2.10. The molecular weight excluding hydrogens is 254 g/mol. The molecule has 0 saturated heterocycles. The number of nitrogens with two attached hydrogens (primary N) is 1. The Kier molecular flexibility index (Phi) is 6.87. The molecule has 1 amide bonds. The first-order valence-electron chi connectivity index (χ1n) is 7.07. The zero-order valence-electron chi connectivity index (χ0n) is 12.6. The van der Waals surface area contributed by atoms with Gasteiger partial charge in [0.15, 0.2) is 5.75 Å². The van der Waals surface area contributed by atoms with E-state index in [4.69, 9.17) is 10.5 Å². The maximum Gasteiger partial charge on any atom is 0.255 e. The van der Waals surface area contributed by atoms with Gasteiger partial charge in [-0.25, -0.2) is 0 Å². The topological polar surface area (TPSA) is 67.6 Å². The van der Waals surface area contributed by atoms with E-state index < -0.39 is 0 Å². The van der Waals surface area contributed by atoms with Crippen LogP contribution < -0.4 is 15.8 Å². The van der Waals surface area contributed by atoms with Crippen molar-refractivity contribution in [2.24, 2.45) is 0 Å². The lowest BCUT2D eigenvalue weighted by Crippen LogP contribution is -2.30. The number of amides is 1. The lowest BCUT2D eigenvalue weighted by Gasteiger charge is -2.18. The van der Waals surface area contributed by atoms with E-state index >= 15 is 0 Å². The third kappa shape index (κ3) is 4.42. The molecule has 0 unspecified atom stereocenters. The molecule has 0 fully saturated rings. The summed E-state index contributed by atoms with van der Waals surface area (Å²) in [6.45, 7) is 7.98. The Bertz CT molecular complexity index is 431. The minimum Gasteiger partial charge on any atom is -0.494 e. The highest BCUT2D eigenvalue weighted by Gasteiger charge is 2.13. The van der Waals surface area contributed by atoms with Crippen molar-refractivity contribution in [2.75, 3.05) is 39.0 Å². The number of benzene rings is 1. The normalized spacial score (nSPS) is 10.6. The second-order valence-corrected chi connectivity index (χ2v) is 4.56. The van der Waals surface area contributed by atoms with Crippen molar-refractivity contribution in [3.63, 3.8) is 0 Å². The molecule has 20 heavy (non-hydrogen) atoms. The first-order valence-corrected chi connectivity index (χ1v) is 7.07. The molecule has 1 aromatic rings. The van der Waals surface area contributed by atoms with Crippen LogP contribution in [0.25, 0.3) is 0 Å². The molecule has 0 bridgehead atoms. The Morgan fingerprint density at radius 3 is 2.65 bits per heavy atom. The van der Waals surface area contributed by atoms with Crippen LogP contribution in [-0.4, -0.2) is 44.1 Å². The third-order valence-electron chi connectivity index (χ3n) is 3.33. The highest BCUT2D eigenvalue weighted by atomic mass is 16.5. The molecule has 3 N–H and O–H groups in total. The van der Waals surface area contributed by atoms with Crippen LogP contribution in [0.2, 0.25) is 0 Å². The molecule has 1 rings (SSSR count). The van der Waals surface area contributed by atoms with Crippen LogP contribution in [0.1, 0.15) is 30.6 Å². The van der Waals surface area contributed by atoms with Crippen molar-refractivity contribution in [3.05, 3.63) is 23.8 Å². The van der Waals surface area contributed by atoms with Crippen LogP contribution >= 0.6 is 0 Å². The lowest BCUT2D eigenvalue weighted by molar-refractivity contribution is 0.0949. The molecule has 0 heterocycles. The number of methoxy groups -OCH3 is 1. The number of hydrogen-bond donors (Lipinski definition) is 2. The van der Waals surface area contributed by atoms with Crippen molar-refractivity contribution in [1.82, 2.24) is 10.2 Å². The summed E-state index contributed by atoms with van der Waals surface area (Å²) >= 11 is 0. The maximum absolute atomic E-state index is 12.1. The van der Waals surface area contributed by atoms with E-state index in [0.717, 1.165) is 26.1 Å². The summed E-state index contributed by atoms with van der Waals surface area (Å²) in [6.07, 6.45) is 0.929. The number of anilines is 1. The van der Waals surface area contributed by atoms with Gasteiger partial charge in [-0.3, -0.25) is 4.79 Å². The smallest absolute Gasteiger partial charge is 0.255 e. The molecule has 5 nitrogen and oxygen atoms in total. The Labute approximate surface area is 121 Å². The number of ether oxygens (including phenoxy) is 1. The molecule has 0 aliphatic carbocycles. The number of nitrogen functional groups attached to an aromatic ring is 1. The zero-order chi connectivity index (χ0) is 15.0. The summed E-state index contributed by atoms with van der Waals surface area (Å²) < 4.78 is 5.18. The Hall–Kier alpha value is -1.75. The van der Waals surface area contributed by atoms with Gasteiger partial charge in [0.1, 0.15) is 0 Å². The summed E-state index contributed by atoms with van der Waals surface area (Å²) in [5.74, 6) is 0.294. The van der Waals surface area contributed by atoms with Crippen LogP contribution in [0.15, 0.2) is 18.2 Å². The first kappa shape index (κ1) is 16.3. The number of carbonyl (C=O) groups excluding carboxylic acids is 1. The first-order chi connectivity index (χ1) is 9.63. The van der Waals surface area contributed by atoms with E-state index in [1.54, 1.807) is 18.2 Å². The van der Waals surface area contributed by atoms with Gasteiger partial charge in [0, 0.05) is 6.54 Å². The van der Waals surface area contributed by atoms with Gasteiger partial charge in [-0.1, -0.05) is 19.9 Å². The number of nitrogens with zero attached hydrogens (tertiary/aromatic N) is 1. The van der Waals surface area contributed by atoms with Gasteiger partial charge in [0.25, 0.3) is 5.91 Å². The summed E-state index contributed by atoms with van der Waals surface area (Å²) in [6, 6.07) is 5.19. The molecule has 0 aliphatic heterocycles. The van der Waals surface area contributed by atoms with Crippen molar-refractivity contribution < 1.29 is 9.53 Å². The second-order valence-electron chi connectivity index (χ2n) is 4.56. The monoisotopic (exact) mass is 279 g/mol. The Balaban J connectivity index is 2.49. The van der Waals surface area contributed by atoms with Gasteiger partial charge in [0.2, 0.25) is 0 Å². The molecule has 0 aliphatic rings. The van der Waals surface area contributed by atoms with E-state index in [1.807, 2.05) is 0 Å². The molecule has 0 saturated carbocycles. The van der Waals surface area contributed by atoms with Crippen molar-refractivity contribution >= 4 is 11.6 Å². The fourth-order valence-electron chi connectivity index (χ4n) is 2.10. The van der Waals surface area contributed by atoms with Crippen molar-refractivity contribution in [3.8, 4) is 5.75 Å². The van der Waals surface area contributed by atoms with E-state index in [9.17, 15) is 4.79 Å². The highest BCUT2D eigenvalue weighted by molar-refractivity contribution is 5.98. The Morgan fingerprint density at radius 1 is 1.35 bits per heavy atom. The third-order valence-corrected chi connectivity index (χ3v) is 3.33. The molecule has 0 spiro atoms. The van der Waals surface area contributed by atoms with E-state index in [2.05, 4.69) is 24.1 Å². The molecule has 0 aromatic heterocycles. The van der Waals surface area contributed by atoms with E-state index in [0.29, 0.717) is 23.5 Å². The van der Waals surface area contributed by atoms with E-state index in [-0.39, 0.29) is 5.91 Å². The highest BCUT2D eigenvalue weighted by Crippen LogP contribution is 2.25. The summed E-state index contributed by atoms with van der Waals surface area (Å²) in [5, 5.41) is 2.90. The average Bonchev–Trinajstić information content (AvgIpc) is 2.47. The molecule has 5 heteroatoms. The standard InChI is InChI=1S/C15H25N3O2/c1-4-18(5-2)11-7-10-17-15(19)12-8-6-9-13(16)14(12)20-3/h6,8-9H,4-5,7,10-11,16H2,1-3H3,(H,17,19). The van der Waals surface area contributed by atoms with Crippen LogP contribution in [0, 0.1) is 0 Å². The quantitative estimate of drug-likeness (QED) is 0.562. The molecule has 0 radical (unpaired) electrons. The largest absolute Gasteiger partial charge is 0.494 e. The summed E-state index contributed by atoms with van der Waals surface area (Å²) in [4.78, 5) is 14.4. The number of para-hydroxylation sites is 1. The van der Waals surface area contributed by atoms with Gasteiger partial charge in [-0.15, -0.1) is 0 Å². The van der Waals surface area contributed by atoms with Gasteiger partial charge < -0.3 is 20.7 Å². The summed E-state index contributed by atoms with van der Waals surface area (Å²) in [5.41, 5.74) is 6.75. The Morgan fingerprint density at radius 2 is 2.05 bits per heavy atom. The summed E-state index contributed by atoms with van der Waals surface area (Å²) in [7, 11) is 1.52. The molecule has 112 valence electrons. The van der Waals surface area contributed by atoms with Crippen LogP contribution in [0.5, 0.6) is 5.75 Å². The van der Waals surface area contributed by atoms with Crippen LogP contribution in [-0.2, 0) is 0 Å². The van der Waals surface area contributed by atoms with Crippen molar-refractivity contribution in [2.45, 2.75) is 20.3 Å². The van der Waals surface area contributed by atoms with E-state index in [1.165, 1.54) is 7.11 Å². The number of rotatable bonds is 8. The molecule has 1 aromatic carbocycles. The van der Waals surface area contributed by atoms with Crippen molar-refractivity contribution in [1.29, 1.82) is 0 Å². The predicted molar refractivity (Wildman–Crippen MR) is 82.1 cm³/mol. The van der Waals surface area contributed by atoms with Gasteiger partial charge in [-0.05, 0) is 38.2 Å². The zero-order valence-corrected chi connectivity index (χ0v) is 12.6. The maximum atomic E-state index is 12.1. The predicted octanol–water partition coefficient (Wildman–Crippen LogP) is 1.74. The average molecular weight is 279 g/mol. The number of carbonyl (C=O) groups is 1. The molecular formula is C15H25N3O2. The SMILES string of the molecule is CCN(CC)CCCNC(=O)c1cccc(N)c1OC. The van der Waals surface area contributed by atoms with Gasteiger partial charge in [-0.2, -0.15) is 0 Å².